The summed E-state index contributed by atoms with van der Waals surface area (Å²) in [5.41, 5.74) is 0. The van der Waals surface area contributed by atoms with Gasteiger partial charge in [-0.2, -0.15) is 5.10 Å². The van der Waals surface area contributed by atoms with E-state index in [1.54, 1.807) is 6.21 Å². The van der Waals surface area contributed by atoms with Gasteiger partial charge >= 0.3 is 0 Å². The zero-order valence-electron chi connectivity index (χ0n) is 4.20. The zero-order valence-corrected chi connectivity index (χ0v) is 5.02. The first-order chi connectivity index (χ1) is 3.93. The van der Waals surface area contributed by atoms with E-state index < -0.39 is 0 Å². The number of hydrogen-bond donors (Lipinski definition) is 0. The maximum atomic E-state index is 10.1. The summed E-state index contributed by atoms with van der Waals surface area (Å²) in [6.45, 7) is -0.234. The van der Waals surface area contributed by atoms with Crippen LogP contribution in [0.2, 0.25) is 0 Å². The number of rotatable bonds is 1. The normalized spacial score (nSPS) is 18.4. The van der Waals surface area contributed by atoms with E-state index in [-0.39, 0.29) is 6.61 Å². The summed E-state index contributed by atoms with van der Waals surface area (Å²) in [6.07, 6.45) is 1.68. The van der Waals surface area contributed by atoms with Gasteiger partial charge in [0.25, 0.3) is 0 Å². The lowest BCUT2D eigenvalue weighted by atomic mass is 10.8. The quantitative estimate of drug-likeness (QED) is 0.509. The van der Waals surface area contributed by atoms with Gasteiger partial charge < -0.3 is 0 Å². The molecule has 0 spiro atoms. The summed E-state index contributed by atoms with van der Waals surface area (Å²) in [5, 5.41) is 17.8. The molecule has 0 saturated carbocycles. The molecule has 1 aliphatic rings. The third kappa shape index (κ3) is 1.31. The second kappa shape index (κ2) is 2.84. The van der Waals surface area contributed by atoms with E-state index in [1.807, 2.05) is 0 Å². The Kier molecular flexibility index (Phi) is 2.05. The van der Waals surface area contributed by atoms with Crippen molar-refractivity contribution in [3.05, 3.63) is 0 Å². The summed E-state index contributed by atoms with van der Waals surface area (Å²) in [6, 6.07) is 0. The Balaban J connectivity index is 2.50. The fraction of sp³-hybridized carbons (Fsp3) is 0.500. The van der Waals surface area contributed by atoms with Crippen LogP contribution in [0.1, 0.15) is 0 Å². The van der Waals surface area contributed by atoms with Crippen LogP contribution in [0, 0.1) is 0 Å². The molecule has 3 nitrogen and oxygen atoms in total. The van der Waals surface area contributed by atoms with Crippen molar-refractivity contribution in [3.8, 4) is 0 Å². The van der Waals surface area contributed by atoms with E-state index in [1.165, 1.54) is 11.8 Å². The minimum Gasteiger partial charge on any atom is -0.229 e. The van der Waals surface area contributed by atoms with Crippen molar-refractivity contribution >= 4 is 23.0 Å². The lowest BCUT2D eigenvalue weighted by Gasteiger charge is -1.98. The molecule has 43 valence electrons. The Morgan fingerprint density at radius 1 is 1.88 bits per heavy atom. The van der Waals surface area contributed by atoms with E-state index >= 15 is 0 Å². The topological polar surface area (TPSA) is 44.6 Å². The SMILES string of the molecule is [O]CC1=NN=CCS1. The van der Waals surface area contributed by atoms with Gasteiger partial charge in [0.15, 0.2) is 0 Å². The minimum absolute atomic E-state index is 0.234. The molecule has 4 heteroatoms. The Morgan fingerprint density at radius 3 is 3.12 bits per heavy atom. The number of nitrogens with zero attached hydrogens (tertiary/aromatic N) is 2. The van der Waals surface area contributed by atoms with Gasteiger partial charge in [-0.15, -0.1) is 16.9 Å². The summed E-state index contributed by atoms with van der Waals surface area (Å²) in [5.74, 6) is 0.793. The van der Waals surface area contributed by atoms with Crippen molar-refractivity contribution in [1.29, 1.82) is 0 Å². The summed E-state index contributed by atoms with van der Waals surface area (Å²) < 4.78 is 0. The van der Waals surface area contributed by atoms with Gasteiger partial charge in [0.05, 0.1) is 0 Å². The van der Waals surface area contributed by atoms with Crippen LogP contribution in [0.3, 0.4) is 0 Å². The monoisotopic (exact) mass is 129 g/mol. The van der Waals surface area contributed by atoms with Gasteiger partial charge in [-0.3, -0.25) is 0 Å². The summed E-state index contributed by atoms with van der Waals surface area (Å²) >= 11 is 1.45. The molecule has 1 rings (SSSR count). The van der Waals surface area contributed by atoms with Crippen molar-refractivity contribution in [2.24, 2.45) is 10.2 Å². The number of hydrogen-bond acceptors (Lipinski definition) is 3. The Hall–Kier alpha value is -0.350. The van der Waals surface area contributed by atoms with Gasteiger partial charge in [0.1, 0.15) is 11.7 Å². The average Bonchev–Trinajstić information content (AvgIpc) is 1.90. The predicted molar refractivity (Wildman–Crippen MR) is 33.9 cm³/mol. The lowest BCUT2D eigenvalue weighted by Crippen LogP contribution is -2.02. The highest BCUT2D eigenvalue weighted by atomic mass is 32.2. The van der Waals surface area contributed by atoms with Gasteiger partial charge in [-0.25, -0.2) is 5.11 Å². The van der Waals surface area contributed by atoms with Crippen molar-refractivity contribution in [3.63, 3.8) is 0 Å². The van der Waals surface area contributed by atoms with E-state index in [2.05, 4.69) is 10.2 Å². The molecule has 0 aromatic heterocycles. The Morgan fingerprint density at radius 2 is 2.75 bits per heavy atom. The fourth-order valence-electron chi connectivity index (χ4n) is 0.371. The molecule has 0 fully saturated rings. The minimum atomic E-state index is -0.234. The Bertz CT molecular complexity index is 132. The van der Waals surface area contributed by atoms with Crippen LogP contribution < -0.4 is 0 Å². The van der Waals surface area contributed by atoms with Crippen LogP contribution in [-0.4, -0.2) is 23.6 Å². The van der Waals surface area contributed by atoms with E-state index in [0.29, 0.717) is 5.04 Å². The third-order valence-corrected chi connectivity index (χ3v) is 1.55. The molecule has 0 bridgehead atoms. The summed E-state index contributed by atoms with van der Waals surface area (Å²) in [7, 11) is 0. The fourth-order valence-corrected chi connectivity index (χ4v) is 0.893. The zero-order chi connectivity index (χ0) is 5.82. The maximum absolute atomic E-state index is 10.1. The molecule has 1 aliphatic heterocycles. The van der Waals surface area contributed by atoms with Crippen LogP contribution in [0.15, 0.2) is 10.2 Å². The standard InChI is InChI=1S/C4H5N2OS/c7-3-4-6-5-1-2-8-4/h1H,2-3H2. The van der Waals surface area contributed by atoms with Crippen LogP contribution in [0.5, 0.6) is 0 Å². The molecule has 1 heterocycles. The summed E-state index contributed by atoms with van der Waals surface area (Å²) in [4.78, 5) is 0. The maximum Gasteiger partial charge on any atom is 0.132 e. The highest BCUT2D eigenvalue weighted by molar-refractivity contribution is 8.14. The molecule has 0 unspecified atom stereocenters. The largest absolute Gasteiger partial charge is 0.229 e. The van der Waals surface area contributed by atoms with E-state index in [9.17, 15) is 5.11 Å². The highest BCUT2D eigenvalue weighted by Gasteiger charge is 1.99. The van der Waals surface area contributed by atoms with Crippen molar-refractivity contribution in [1.82, 2.24) is 0 Å². The third-order valence-electron chi connectivity index (χ3n) is 0.699. The lowest BCUT2D eigenvalue weighted by molar-refractivity contribution is 0.247. The average molecular weight is 129 g/mol. The van der Waals surface area contributed by atoms with Gasteiger partial charge in [0, 0.05) is 12.0 Å². The highest BCUT2D eigenvalue weighted by Crippen LogP contribution is 2.05. The first-order valence-corrected chi connectivity index (χ1v) is 3.21. The Labute approximate surface area is 51.5 Å². The van der Waals surface area contributed by atoms with Crippen LogP contribution >= 0.6 is 11.8 Å². The smallest absolute Gasteiger partial charge is 0.132 e. The molecule has 8 heavy (non-hydrogen) atoms. The van der Waals surface area contributed by atoms with Gasteiger partial charge in [-0.05, 0) is 0 Å². The second-order valence-corrected chi connectivity index (χ2v) is 2.34. The molecule has 0 saturated heterocycles. The molecule has 0 atom stereocenters. The van der Waals surface area contributed by atoms with Gasteiger partial charge in [-0.1, -0.05) is 0 Å². The van der Waals surface area contributed by atoms with Crippen LogP contribution in [0.25, 0.3) is 0 Å². The predicted octanol–water partition coefficient (Wildman–Crippen LogP) is 0.548. The second-order valence-electron chi connectivity index (χ2n) is 1.25. The van der Waals surface area contributed by atoms with Crippen molar-refractivity contribution in [2.45, 2.75) is 0 Å². The molecular formula is C4H5N2OS. The first kappa shape index (κ1) is 5.78. The first-order valence-electron chi connectivity index (χ1n) is 2.23. The molecule has 0 amide bonds. The molecule has 0 N–H and O–H groups in total. The molecule has 0 aromatic rings. The number of thioether (sulfide) groups is 1. The molecule has 1 radical (unpaired) electrons. The van der Waals surface area contributed by atoms with Crippen LogP contribution in [0.4, 0.5) is 0 Å². The van der Waals surface area contributed by atoms with Crippen molar-refractivity contribution < 1.29 is 5.11 Å². The van der Waals surface area contributed by atoms with E-state index in [0.717, 1.165) is 5.75 Å². The van der Waals surface area contributed by atoms with Crippen LogP contribution in [-0.2, 0) is 5.11 Å². The van der Waals surface area contributed by atoms with Crippen molar-refractivity contribution in [2.75, 3.05) is 12.4 Å². The van der Waals surface area contributed by atoms with Gasteiger partial charge in [0.2, 0.25) is 0 Å². The van der Waals surface area contributed by atoms with E-state index in [4.69, 9.17) is 0 Å². The molecule has 0 aliphatic carbocycles. The molecule has 0 aromatic carbocycles. The molecular weight excluding hydrogens is 124 g/mol.